The number of anilines is 1. The number of amides is 2. The Kier molecular flexibility index (Phi) is 7.25. The minimum Gasteiger partial charge on any atom is -0.493 e. The largest absolute Gasteiger partial charge is 0.493 e. The first-order chi connectivity index (χ1) is 18.3. The molecule has 2 heterocycles. The van der Waals surface area contributed by atoms with Gasteiger partial charge in [-0.2, -0.15) is 0 Å². The van der Waals surface area contributed by atoms with Gasteiger partial charge in [0, 0.05) is 47.7 Å². The van der Waals surface area contributed by atoms with Crippen molar-refractivity contribution in [1.82, 2.24) is 20.2 Å². The second-order valence-electron chi connectivity index (χ2n) is 10.2. The molecule has 0 radical (unpaired) electrons. The Morgan fingerprint density at radius 3 is 2.66 bits per heavy atom. The summed E-state index contributed by atoms with van der Waals surface area (Å²) in [6, 6.07) is 9.12. The van der Waals surface area contributed by atoms with E-state index in [9.17, 15) is 13.6 Å². The van der Waals surface area contributed by atoms with Gasteiger partial charge in [0.05, 0.1) is 14.2 Å². The van der Waals surface area contributed by atoms with Gasteiger partial charge in [0.25, 0.3) is 0 Å². The minimum atomic E-state index is -1.00. The lowest BCUT2D eigenvalue weighted by Crippen LogP contribution is -2.52. The molecular weight excluding hydrogens is 492 g/mol. The quantitative estimate of drug-likeness (QED) is 0.408. The number of H-pyrrole nitrogens is 1. The lowest BCUT2D eigenvalue weighted by Gasteiger charge is -2.45. The van der Waals surface area contributed by atoms with Crippen LogP contribution >= 0.6 is 0 Å². The van der Waals surface area contributed by atoms with Gasteiger partial charge in [0.2, 0.25) is 0 Å². The van der Waals surface area contributed by atoms with Crippen LogP contribution in [0.25, 0.3) is 0 Å². The molecule has 1 aliphatic heterocycles. The number of likely N-dealkylation sites (tertiary alicyclic amines) is 1. The molecule has 5 rings (SSSR count). The molecule has 3 atom stereocenters. The molecule has 1 saturated carbocycles. The molecule has 1 aromatic heterocycles. The number of fused-ring (bicyclic) bond motifs is 1. The number of carbonyl (C=O) groups is 1. The molecule has 8 nitrogen and oxygen atoms in total. The normalized spacial score (nSPS) is 23.1. The van der Waals surface area contributed by atoms with Crippen LogP contribution in [0.2, 0.25) is 0 Å². The van der Waals surface area contributed by atoms with Crippen LogP contribution in [0.5, 0.6) is 11.5 Å². The van der Waals surface area contributed by atoms with E-state index in [0.29, 0.717) is 11.5 Å². The molecule has 3 N–H and O–H groups in total. The van der Waals surface area contributed by atoms with Crippen molar-refractivity contribution < 1.29 is 23.0 Å². The van der Waals surface area contributed by atoms with Crippen molar-refractivity contribution in [2.75, 3.05) is 26.1 Å². The van der Waals surface area contributed by atoms with Crippen LogP contribution in [-0.2, 0) is 12.0 Å². The molecule has 2 aromatic carbocycles. The van der Waals surface area contributed by atoms with Crippen molar-refractivity contribution in [2.24, 2.45) is 0 Å². The highest BCUT2D eigenvalue weighted by Crippen LogP contribution is 2.50. The topological polar surface area (TPSA) is 91.5 Å². The Balaban J connectivity index is 1.37. The van der Waals surface area contributed by atoms with Crippen LogP contribution < -0.4 is 20.1 Å². The molecule has 2 aliphatic rings. The fourth-order valence-corrected chi connectivity index (χ4v) is 6.15. The Hall–Kier alpha value is -3.66. The summed E-state index contributed by atoms with van der Waals surface area (Å²) >= 11 is 0. The minimum absolute atomic E-state index is 0.0809. The summed E-state index contributed by atoms with van der Waals surface area (Å²) in [5, 5.41) is 5.68. The van der Waals surface area contributed by atoms with E-state index >= 15 is 0 Å². The van der Waals surface area contributed by atoms with Crippen LogP contribution in [-0.4, -0.2) is 53.7 Å². The maximum Gasteiger partial charge on any atom is 0.319 e. The Labute approximate surface area is 220 Å². The first-order valence-corrected chi connectivity index (χ1v) is 12.8. The maximum absolute atomic E-state index is 13.6. The number of aryl methyl sites for hydroxylation is 1. The fraction of sp³-hybridized carbons (Fsp3) is 0.429. The zero-order valence-corrected chi connectivity index (χ0v) is 21.8. The van der Waals surface area contributed by atoms with Crippen LogP contribution in [0, 0.1) is 18.6 Å². The summed E-state index contributed by atoms with van der Waals surface area (Å²) in [4.78, 5) is 22.9. The standard InChI is InChI=1S/C28H33F2N5O3/c1-17-31-15-21(32-17)16-35-11-10-28(18-4-7-24(37-2)25(12-18)38-3)9-8-20(14-26(28)35)34-27(36)33-19-5-6-22(29)23(30)13-19/h4-7,12-13,15,20,26H,8-11,14,16H2,1-3H3,(H,31,32)(H2,33,34,36)/t20-,26+,28+/m1/s1. The molecule has 10 heteroatoms. The van der Waals surface area contributed by atoms with Crippen molar-refractivity contribution in [1.29, 1.82) is 0 Å². The predicted octanol–water partition coefficient (Wildman–Crippen LogP) is 4.90. The molecule has 2 amide bonds. The highest BCUT2D eigenvalue weighted by Gasteiger charge is 2.51. The number of carbonyl (C=O) groups excluding carboxylic acids is 1. The van der Waals surface area contributed by atoms with Crippen molar-refractivity contribution >= 4 is 11.7 Å². The Bertz CT molecular complexity index is 1320. The zero-order valence-electron chi connectivity index (χ0n) is 21.8. The van der Waals surface area contributed by atoms with E-state index < -0.39 is 17.7 Å². The maximum atomic E-state index is 13.6. The summed E-state index contributed by atoms with van der Waals surface area (Å²) in [7, 11) is 3.27. The number of methoxy groups -OCH3 is 2. The van der Waals surface area contributed by atoms with E-state index in [0.717, 1.165) is 62.4 Å². The second-order valence-corrected chi connectivity index (χ2v) is 10.2. The summed E-state index contributed by atoms with van der Waals surface area (Å²) in [5.41, 5.74) is 2.35. The van der Waals surface area contributed by atoms with E-state index in [1.165, 1.54) is 11.6 Å². The number of hydrogen-bond acceptors (Lipinski definition) is 5. The second kappa shape index (κ2) is 10.6. The predicted molar refractivity (Wildman–Crippen MR) is 140 cm³/mol. The lowest BCUT2D eigenvalue weighted by molar-refractivity contribution is 0.130. The number of aromatic amines is 1. The number of imidazole rings is 1. The summed E-state index contributed by atoms with van der Waals surface area (Å²) < 4.78 is 37.9. The van der Waals surface area contributed by atoms with Gasteiger partial charge in [0.1, 0.15) is 5.82 Å². The summed E-state index contributed by atoms with van der Waals surface area (Å²) in [5.74, 6) is 0.310. The van der Waals surface area contributed by atoms with Crippen molar-refractivity contribution in [3.05, 3.63) is 71.3 Å². The molecular formula is C28H33F2N5O3. The van der Waals surface area contributed by atoms with E-state index in [-0.39, 0.29) is 23.2 Å². The number of nitrogens with one attached hydrogen (secondary N) is 3. The number of aromatic nitrogens is 2. The van der Waals surface area contributed by atoms with Gasteiger partial charge >= 0.3 is 6.03 Å². The summed E-state index contributed by atoms with van der Waals surface area (Å²) in [6.45, 7) is 3.58. The SMILES string of the molecule is COc1ccc([C@@]23CC[C@@H](NC(=O)Nc4ccc(F)c(F)c4)C[C@@H]2N(Cc2cnc(C)[nH]2)CC3)cc1OC. The van der Waals surface area contributed by atoms with Crippen molar-refractivity contribution in [3.8, 4) is 11.5 Å². The average molecular weight is 526 g/mol. The Morgan fingerprint density at radius 1 is 1.13 bits per heavy atom. The number of halogens is 2. The van der Waals surface area contributed by atoms with E-state index in [1.54, 1.807) is 14.2 Å². The molecule has 0 spiro atoms. The van der Waals surface area contributed by atoms with E-state index in [2.05, 4.69) is 37.6 Å². The molecule has 202 valence electrons. The van der Waals surface area contributed by atoms with Gasteiger partial charge in [-0.3, -0.25) is 4.90 Å². The van der Waals surface area contributed by atoms with Gasteiger partial charge in [0.15, 0.2) is 23.1 Å². The van der Waals surface area contributed by atoms with Gasteiger partial charge in [-0.15, -0.1) is 0 Å². The van der Waals surface area contributed by atoms with Crippen LogP contribution in [0.4, 0.5) is 19.3 Å². The molecule has 0 unspecified atom stereocenters. The van der Waals surface area contributed by atoms with Crippen molar-refractivity contribution in [2.45, 2.75) is 56.7 Å². The van der Waals surface area contributed by atoms with Gasteiger partial charge in [-0.05, 0) is 69.0 Å². The first kappa shape index (κ1) is 26.0. The zero-order chi connectivity index (χ0) is 26.9. The first-order valence-electron chi connectivity index (χ1n) is 12.8. The molecule has 0 bridgehead atoms. The lowest BCUT2D eigenvalue weighted by atomic mass is 9.65. The number of benzene rings is 2. The average Bonchev–Trinajstić information content (AvgIpc) is 3.49. The third kappa shape index (κ3) is 5.05. The molecule has 38 heavy (non-hydrogen) atoms. The Morgan fingerprint density at radius 2 is 1.95 bits per heavy atom. The number of urea groups is 1. The highest BCUT2D eigenvalue weighted by atomic mass is 19.2. The third-order valence-electron chi connectivity index (χ3n) is 7.97. The number of ether oxygens (including phenoxy) is 2. The van der Waals surface area contributed by atoms with Crippen LogP contribution in [0.1, 0.15) is 42.8 Å². The van der Waals surface area contributed by atoms with Crippen molar-refractivity contribution in [3.63, 3.8) is 0 Å². The molecule has 3 aromatic rings. The monoisotopic (exact) mass is 525 g/mol. The number of hydrogen-bond donors (Lipinski definition) is 3. The van der Waals surface area contributed by atoms with Gasteiger partial charge in [-0.1, -0.05) is 6.07 Å². The fourth-order valence-electron chi connectivity index (χ4n) is 6.15. The van der Waals surface area contributed by atoms with Gasteiger partial charge < -0.3 is 25.1 Å². The van der Waals surface area contributed by atoms with E-state index in [1.807, 2.05) is 19.2 Å². The van der Waals surface area contributed by atoms with Crippen LogP contribution in [0.15, 0.2) is 42.6 Å². The van der Waals surface area contributed by atoms with E-state index in [4.69, 9.17) is 9.47 Å². The highest BCUT2D eigenvalue weighted by molar-refractivity contribution is 5.89. The summed E-state index contributed by atoms with van der Waals surface area (Å²) in [6.07, 6.45) is 5.26. The third-order valence-corrected chi connectivity index (χ3v) is 7.97. The van der Waals surface area contributed by atoms with Gasteiger partial charge in [-0.25, -0.2) is 18.6 Å². The van der Waals surface area contributed by atoms with Crippen LogP contribution in [0.3, 0.4) is 0 Å². The smallest absolute Gasteiger partial charge is 0.319 e. The molecule has 1 saturated heterocycles. The molecule has 1 aliphatic carbocycles. The number of rotatable bonds is 7. The molecule has 2 fully saturated rings. The number of nitrogens with zero attached hydrogens (tertiary/aromatic N) is 2.